The van der Waals surface area contributed by atoms with E-state index in [1.807, 2.05) is 6.92 Å². The minimum Gasteiger partial charge on any atom is -0.454 e. The molecule has 0 spiro atoms. The molecule has 4 aromatic rings. The monoisotopic (exact) mass is 674 g/mol. The van der Waals surface area contributed by atoms with E-state index in [2.05, 4.69) is 20.9 Å². The first-order valence-corrected chi connectivity index (χ1v) is 15.8. The normalized spacial score (nSPS) is 16.5. The summed E-state index contributed by atoms with van der Waals surface area (Å²) >= 11 is 1.12. The lowest BCUT2D eigenvalue weighted by Crippen LogP contribution is -2.39. The smallest absolute Gasteiger partial charge is 0.416 e. The first kappa shape index (κ1) is 33.8. The molecular formula is C33H31F5N4O4S. The number of halogens is 5. The highest BCUT2D eigenvalue weighted by atomic mass is 32.1. The van der Waals surface area contributed by atoms with Crippen molar-refractivity contribution < 1.29 is 41.1 Å². The van der Waals surface area contributed by atoms with Gasteiger partial charge >= 0.3 is 6.18 Å². The van der Waals surface area contributed by atoms with E-state index in [4.69, 9.17) is 4.74 Å². The Labute approximate surface area is 270 Å². The van der Waals surface area contributed by atoms with E-state index in [1.165, 1.54) is 24.3 Å². The van der Waals surface area contributed by atoms with E-state index in [1.54, 1.807) is 0 Å². The summed E-state index contributed by atoms with van der Waals surface area (Å²) in [6.07, 6.45) is -1.14. The molecule has 1 heterocycles. The van der Waals surface area contributed by atoms with Crippen molar-refractivity contribution in [3.05, 3.63) is 77.4 Å². The molecule has 1 aromatic heterocycles. The second kappa shape index (κ2) is 14.4. The highest BCUT2D eigenvalue weighted by Gasteiger charge is 2.31. The molecule has 0 unspecified atom stereocenters. The average Bonchev–Trinajstić information content (AvgIpc) is 3.39. The third kappa shape index (κ3) is 8.82. The SMILES string of the molecule is CCCC(=O)NC1CCC(C(=O)Nc2nc3cc(F)c(Oc4ccc(F)c(NC(=O)Cc5cccc(C(F)(F)F)c5)c4)cc3s2)CC1. The topological polar surface area (TPSA) is 109 Å². The third-order valence-corrected chi connectivity index (χ3v) is 8.60. The van der Waals surface area contributed by atoms with Gasteiger partial charge in [0, 0.05) is 36.6 Å². The average molecular weight is 675 g/mol. The summed E-state index contributed by atoms with van der Waals surface area (Å²) < 4.78 is 74.7. The highest BCUT2D eigenvalue weighted by Crippen LogP contribution is 2.36. The third-order valence-electron chi connectivity index (χ3n) is 7.67. The van der Waals surface area contributed by atoms with Crippen molar-refractivity contribution in [2.75, 3.05) is 10.6 Å². The Morgan fingerprint density at radius 3 is 2.43 bits per heavy atom. The van der Waals surface area contributed by atoms with Gasteiger partial charge in [0.15, 0.2) is 16.7 Å². The first-order valence-electron chi connectivity index (χ1n) is 15.0. The van der Waals surface area contributed by atoms with Crippen molar-refractivity contribution in [2.24, 2.45) is 5.92 Å². The van der Waals surface area contributed by atoms with E-state index in [-0.39, 0.29) is 51.7 Å². The molecule has 8 nitrogen and oxygen atoms in total. The van der Waals surface area contributed by atoms with Crippen LogP contribution in [-0.2, 0) is 27.0 Å². The summed E-state index contributed by atoms with van der Waals surface area (Å²) in [6, 6.07) is 10.2. The van der Waals surface area contributed by atoms with Crippen LogP contribution in [0.2, 0.25) is 0 Å². The number of hydrogen-bond acceptors (Lipinski definition) is 6. The van der Waals surface area contributed by atoms with Crippen molar-refractivity contribution in [3.8, 4) is 11.5 Å². The number of fused-ring (bicyclic) bond motifs is 1. The molecule has 3 N–H and O–H groups in total. The number of alkyl halides is 3. The van der Waals surface area contributed by atoms with Crippen LogP contribution in [0, 0.1) is 17.6 Å². The van der Waals surface area contributed by atoms with E-state index in [9.17, 15) is 36.3 Å². The number of hydrogen-bond donors (Lipinski definition) is 3. The Hall–Kier alpha value is -4.59. The summed E-state index contributed by atoms with van der Waals surface area (Å²) in [4.78, 5) is 41.6. The number of nitrogens with one attached hydrogen (secondary N) is 3. The fourth-order valence-corrected chi connectivity index (χ4v) is 6.20. The summed E-state index contributed by atoms with van der Waals surface area (Å²) in [7, 11) is 0. The molecule has 47 heavy (non-hydrogen) atoms. The van der Waals surface area contributed by atoms with Gasteiger partial charge in [-0.15, -0.1) is 0 Å². The molecule has 1 saturated carbocycles. The maximum Gasteiger partial charge on any atom is 0.416 e. The molecule has 3 amide bonds. The summed E-state index contributed by atoms with van der Waals surface area (Å²) in [5.41, 5.74) is -0.840. The van der Waals surface area contributed by atoms with Gasteiger partial charge < -0.3 is 20.7 Å². The molecule has 248 valence electrons. The van der Waals surface area contributed by atoms with Gasteiger partial charge in [0.2, 0.25) is 17.7 Å². The zero-order valence-corrected chi connectivity index (χ0v) is 26.0. The van der Waals surface area contributed by atoms with Crippen LogP contribution in [0.5, 0.6) is 11.5 Å². The minimum atomic E-state index is -4.58. The predicted octanol–water partition coefficient (Wildman–Crippen LogP) is 7.98. The van der Waals surface area contributed by atoms with Crippen molar-refractivity contribution in [2.45, 2.75) is 64.1 Å². The van der Waals surface area contributed by atoms with Gasteiger partial charge in [0.1, 0.15) is 11.6 Å². The Morgan fingerprint density at radius 1 is 0.936 bits per heavy atom. The minimum absolute atomic E-state index is 0.0152. The fourth-order valence-electron chi connectivity index (χ4n) is 5.32. The molecule has 1 aliphatic carbocycles. The number of aromatic nitrogens is 1. The zero-order valence-electron chi connectivity index (χ0n) is 25.2. The van der Waals surface area contributed by atoms with Gasteiger partial charge in [0.25, 0.3) is 0 Å². The Kier molecular flexibility index (Phi) is 10.4. The zero-order chi connectivity index (χ0) is 33.7. The van der Waals surface area contributed by atoms with Crippen LogP contribution < -0.4 is 20.7 Å². The molecule has 14 heteroatoms. The second-order valence-electron chi connectivity index (χ2n) is 11.3. The molecule has 0 atom stereocenters. The molecular weight excluding hydrogens is 643 g/mol. The Bertz CT molecular complexity index is 1790. The van der Waals surface area contributed by atoms with E-state index in [0.29, 0.717) is 42.3 Å². The molecule has 0 saturated heterocycles. The van der Waals surface area contributed by atoms with Crippen molar-refractivity contribution in [1.29, 1.82) is 0 Å². The van der Waals surface area contributed by atoms with Crippen LogP contribution in [-0.4, -0.2) is 28.7 Å². The van der Waals surface area contributed by atoms with Crippen LogP contribution in [0.15, 0.2) is 54.6 Å². The molecule has 0 bridgehead atoms. The number of thiazole rings is 1. The highest BCUT2D eigenvalue weighted by molar-refractivity contribution is 7.22. The van der Waals surface area contributed by atoms with Crippen LogP contribution in [0.1, 0.15) is 56.6 Å². The molecule has 3 aromatic carbocycles. The number of ether oxygens (including phenoxy) is 1. The second-order valence-corrected chi connectivity index (χ2v) is 12.3. The largest absolute Gasteiger partial charge is 0.454 e. The van der Waals surface area contributed by atoms with Gasteiger partial charge in [-0.05, 0) is 55.9 Å². The first-order chi connectivity index (χ1) is 22.4. The number of anilines is 2. The quantitative estimate of drug-likeness (QED) is 0.148. The number of carbonyl (C=O) groups is 3. The van der Waals surface area contributed by atoms with E-state index < -0.39 is 35.7 Å². The Morgan fingerprint density at radius 2 is 1.70 bits per heavy atom. The number of nitrogens with zero attached hydrogens (tertiary/aromatic N) is 1. The molecule has 0 radical (unpaired) electrons. The lowest BCUT2D eigenvalue weighted by Gasteiger charge is -2.28. The summed E-state index contributed by atoms with van der Waals surface area (Å²) in [6.45, 7) is 1.94. The standard InChI is InChI=1S/C33H31F5N4O4S/c1-2-4-29(43)39-21-9-7-19(8-10-21)31(45)42-32-41-26-16-24(35)27(17-28(26)47-32)46-22-11-12-23(34)25(15-22)40-30(44)14-18-5-3-6-20(13-18)33(36,37)38/h3,5-6,11-13,15-17,19,21H,2,4,7-10,14H2,1H3,(H,39,43)(H,40,44)(H,41,42,45). The van der Waals surface area contributed by atoms with Crippen LogP contribution in [0.3, 0.4) is 0 Å². The number of amides is 3. The molecule has 1 aliphatic rings. The van der Waals surface area contributed by atoms with Crippen molar-refractivity contribution in [3.63, 3.8) is 0 Å². The predicted molar refractivity (Wildman–Crippen MR) is 167 cm³/mol. The maximum absolute atomic E-state index is 15.0. The molecule has 0 aliphatic heterocycles. The van der Waals surface area contributed by atoms with Gasteiger partial charge in [0.05, 0.1) is 27.9 Å². The van der Waals surface area contributed by atoms with Gasteiger partial charge in [-0.25, -0.2) is 13.8 Å². The van der Waals surface area contributed by atoms with Gasteiger partial charge in [-0.1, -0.05) is 36.5 Å². The lowest BCUT2D eigenvalue weighted by molar-refractivity contribution is -0.137. The van der Waals surface area contributed by atoms with Crippen LogP contribution in [0.25, 0.3) is 10.2 Å². The van der Waals surface area contributed by atoms with Crippen LogP contribution >= 0.6 is 11.3 Å². The van der Waals surface area contributed by atoms with Gasteiger partial charge in [-0.2, -0.15) is 13.2 Å². The number of benzene rings is 3. The lowest BCUT2D eigenvalue weighted by atomic mass is 9.85. The summed E-state index contributed by atoms with van der Waals surface area (Å²) in [5, 5.41) is 8.41. The van der Waals surface area contributed by atoms with Crippen molar-refractivity contribution >= 4 is 50.1 Å². The fraction of sp³-hybridized carbons (Fsp3) is 0.333. The van der Waals surface area contributed by atoms with Crippen molar-refractivity contribution in [1.82, 2.24) is 10.3 Å². The molecule has 1 fully saturated rings. The van der Waals surface area contributed by atoms with Gasteiger partial charge in [-0.3, -0.25) is 14.4 Å². The number of carbonyl (C=O) groups excluding carboxylic acids is 3. The molecule has 5 rings (SSSR count). The van der Waals surface area contributed by atoms with E-state index >= 15 is 0 Å². The maximum atomic E-state index is 15.0. The number of rotatable bonds is 10. The van der Waals surface area contributed by atoms with Crippen LogP contribution in [0.4, 0.5) is 32.8 Å². The Balaban J connectivity index is 1.21. The van der Waals surface area contributed by atoms with E-state index in [0.717, 1.165) is 48.1 Å². The summed E-state index contributed by atoms with van der Waals surface area (Å²) in [5.74, 6) is -3.02.